The maximum absolute atomic E-state index is 9.17. The van der Waals surface area contributed by atoms with Gasteiger partial charge in [0.1, 0.15) is 12.1 Å². The fourth-order valence-corrected chi connectivity index (χ4v) is 3.11. The second-order valence-electron chi connectivity index (χ2n) is 6.18. The maximum atomic E-state index is 9.17. The monoisotopic (exact) mass is 375 g/mol. The Balaban J connectivity index is 1.47. The fourth-order valence-electron chi connectivity index (χ4n) is 3.11. The van der Waals surface area contributed by atoms with Crippen molar-refractivity contribution in [2.45, 2.75) is 6.54 Å². The summed E-state index contributed by atoms with van der Waals surface area (Å²) < 4.78 is 3.60. The Hall–Kier alpha value is -3.92. The number of hydrogen-bond donors (Lipinski definition) is 4. The quantitative estimate of drug-likeness (QED) is 0.359. The van der Waals surface area contributed by atoms with E-state index in [0.29, 0.717) is 24.0 Å². The number of aliphatic hydroxyl groups excluding tert-OH is 1. The summed E-state index contributed by atoms with van der Waals surface area (Å²) in [6, 6.07) is 7.81. The Morgan fingerprint density at radius 3 is 2.96 bits per heavy atom. The smallest absolute Gasteiger partial charge is 0.222 e. The molecule has 0 radical (unpaired) electrons. The van der Waals surface area contributed by atoms with Crippen molar-refractivity contribution in [3.63, 3.8) is 0 Å². The predicted molar refractivity (Wildman–Crippen MR) is 105 cm³/mol. The van der Waals surface area contributed by atoms with Crippen molar-refractivity contribution in [2.75, 3.05) is 17.3 Å². The first kappa shape index (κ1) is 16.3. The summed E-state index contributed by atoms with van der Waals surface area (Å²) in [6.45, 7) is 0.494. The molecule has 5 rings (SSSR count). The number of aliphatic hydroxyl groups is 1. The van der Waals surface area contributed by atoms with Crippen LogP contribution in [-0.4, -0.2) is 45.9 Å². The Labute approximate surface area is 158 Å². The van der Waals surface area contributed by atoms with Crippen molar-refractivity contribution >= 4 is 39.5 Å². The number of imidazole rings is 2. The van der Waals surface area contributed by atoms with Gasteiger partial charge < -0.3 is 20.0 Å². The van der Waals surface area contributed by atoms with E-state index in [1.807, 2.05) is 35.0 Å². The van der Waals surface area contributed by atoms with Crippen molar-refractivity contribution in [1.29, 1.82) is 0 Å². The third-order valence-corrected chi connectivity index (χ3v) is 4.44. The second kappa shape index (κ2) is 6.67. The van der Waals surface area contributed by atoms with Gasteiger partial charge in [0.05, 0.1) is 29.4 Å². The highest BCUT2D eigenvalue weighted by Crippen LogP contribution is 2.25. The summed E-state index contributed by atoms with van der Waals surface area (Å²) in [5.41, 5.74) is 6.66. The Bertz CT molecular complexity index is 1250. The van der Waals surface area contributed by atoms with E-state index in [2.05, 4.69) is 35.7 Å². The minimum Gasteiger partial charge on any atom is -0.395 e. The van der Waals surface area contributed by atoms with E-state index in [0.717, 1.165) is 22.1 Å². The lowest BCUT2D eigenvalue weighted by Crippen LogP contribution is -2.14. The van der Waals surface area contributed by atoms with Crippen LogP contribution >= 0.6 is 0 Å². The maximum Gasteiger partial charge on any atom is 0.222 e. The molecule has 10 nitrogen and oxygen atoms in total. The van der Waals surface area contributed by atoms with Gasteiger partial charge in [0.25, 0.3) is 0 Å². The van der Waals surface area contributed by atoms with Gasteiger partial charge in [-0.15, -0.1) is 0 Å². The molecule has 4 aromatic heterocycles. The zero-order valence-electron chi connectivity index (χ0n) is 14.7. The number of hydrogen-bond acceptors (Lipinski definition) is 7. The van der Waals surface area contributed by atoms with Crippen LogP contribution in [0.2, 0.25) is 0 Å². The van der Waals surface area contributed by atoms with Gasteiger partial charge in [-0.3, -0.25) is 5.43 Å². The molecular weight excluding hydrogens is 358 g/mol. The summed E-state index contributed by atoms with van der Waals surface area (Å²) in [4.78, 5) is 20.4. The molecule has 0 aliphatic rings. The number of aromatic nitrogens is 7. The van der Waals surface area contributed by atoms with E-state index < -0.39 is 0 Å². The largest absolute Gasteiger partial charge is 0.395 e. The molecule has 10 heteroatoms. The molecule has 0 saturated carbocycles. The van der Waals surface area contributed by atoms with Gasteiger partial charge in [0.2, 0.25) is 5.95 Å². The highest BCUT2D eigenvalue weighted by Gasteiger charge is 2.11. The number of nitrogens with zero attached hydrogens (tertiary/aromatic N) is 6. The van der Waals surface area contributed by atoms with E-state index in [4.69, 9.17) is 0 Å². The minimum absolute atomic E-state index is 0.0361. The Kier molecular flexibility index (Phi) is 3.87. The topological polar surface area (TPSA) is 122 Å². The SMILES string of the molecule is OCCn1ccnc1Nn1ccc2c(Nc3ccc4nc[nH]c4c3)ncnc21. The number of H-pyrrole nitrogens is 1. The molecule has 4 N–H and O–H groups in total. The van der Waals surface area contributed by atoms with Gasteiger partial charge in [-0.1, -0.05) is 0 Å². The standard InChI is InChI=1S/C18H17N9O/c28-8-7-26-6-4-19-18(26)25-27-5-3-13-16(22-11-23-17(13)27)24-12-1-2-14-15(9-12)21-10-20-14/h1-6,9-11,28H,7-8H2,(H,19,25)(H,20,21)(H,22,23,24). The molecule has 0 atom stereocenters. The normalized spacial score (nSPS) is 11.3. The molecule has 0 fully saturated rings. The average molecular weight is 375 g/mol. The van der Waals surface area contributed by atoms with Crippen LogP contribution in [-0.2, 0) is 6.54 Å². The van der Waals surface area contributed by atoms with E-state index in [1.54, 1.807) is 23.4 Å². The summed E-state index contributed by atoms with van der Waals surface area (Å²) in [5, 5.41) is 13.4. The van der Waals surface area contributed by atoms with E-state index in [9.17, 15) is 5.11 Å². The molecule has 28 heavy (non-hydrogen) atoms. The van der Waals surface area contributed by atoms with Crippen LogP contribution in [0.4, 0.5) is 17.5 Å². The van der Waals surface area contributed by atoms with Gasteiger partial charge >= 0.3 is 0 Å². The third-order valence-electron chi connectivity index (χ3n) is 4.44. The molecule has 140 valence electrons. The predicted octanol–water partition coefficient (Wildman–Crippen LogP) is 2.12. The lowest BCUT2D eigenvalue weighted by Gasteiger charge is -2.11. The molecule has 0 spiro atoms. The van der Waals surface area contributed by atoms with Crippen molar-refractivity contribution in [3.8, 4) is 0 Å². The summed E-state index contributed by atoms with van der Waals surface area (Å²) in [7, 11) is 0. The molecule has 1 aromatic carbocycles. The molecule has 0 saturated heterocycles. The van der Waals surface area contributed by atoms with E-state index >= 15 is 0 Å². The number of nitrogens with one attached hydrogen (secondary N) is 3. The van der Waals surface area contributed by atoms with Gasteiger partial charge in [-0.2, -0.15) is 0 Å². The first-order valence-electron chi connectivity index (χ1n) is 8.73. The summed E-state index contributed by atoms with van der Waals surface area (Å²) in [6.07, 6.45) is 8.53. The van der Waals surface area contributed by atoms with Crippen LogP contribution in [0.15, 0.2) is 55.5 Å². The fraction of sp³-hybridized carbons (Fsp3) is 0.111. The number of anilines is 3. The van der Waals surface area contributed by atoms with Gasteiger partial charge in [-0.25, -0.2) is 24.6 Å². The van der Waals surface area contributed by atoms with Crippen LogP contribution < -0.4 is 10.7 Å². The van der Waals surface area contributed by atoms with Crippen LogP contribution in [0.3, 0.4) is 0 Å². The molecule has 0 aliphatic carbocycles. The zero-order valence-corrected chi connectivity index (χ0v) is 14.7. The van der Waals surface area contributed by atoms with Crippen molar-refractivity contribution in [2.24, 2.45) is 0 Å². The lowest BCUT2D eigenvalue weighted by molar-refractivity contribution is 0.276. The number of aromatic amines is 1. The molecule has 0 amide bonds. The number of fused-ring (bicyclic) bond motifs is 2. The van der Waals surface area contributed by atoms with Gasteiger partial charge in [0, 0.05) is 30.8 Å². The Morgan fingerprint density at radius 2 is 2.04 bits per heavy atom. The molecule has 0 unspecified atom stereocenters. The van der Waals surface area contributed by atoms with Gasteiger partial charge in [0.15, 0.2) is 5.65 Å². The highest BCUT2D eigenvalue weighted by atomic mass is 16.3. The molecule has 0 bridgehead atoms. The van der Waals surface area contributed by atoms with Crippen molar-refractivity contribution < 1.29 is 5.11 Å². The average Bonchev–Trinajstić information content (AvgIpc) is 3.43. The van der Waals surface area contributed by atoms with E-state index in [-0.39, 0.29) is 6.61 Å². The first-order valence-corrected chi connectivity index (χ1v) is 8.73. The van der Waals surface area contributed by atoms with Crippen molar-refractivity contribution in [1.82, 2.24) is 34.2 Å². The molecule has 0 aliphatic heterocycles. The first-order chi connectivity index (χ1) is 13.8. The van der Waals surface area contributed by atoms with Crippen LogP contribution in [0.1, 0.15) is 0 Å². The zero-order chi connectivity index (χ0) is 18.9. The van der Waals surface area contributed by atoms with E-state index in [1.165, 1.54) is 6.33 Å². The highest BCUT2D eigenvalue weighted by molar-refractivity contribution is 5.90. The summed E-state index contributed by atoms with van der Waals surface area (Å²) >= 11 is 0. The van der Waals surface area contributed by atoms with Crippen LogP contribution in [0.25, 0.3) is 22.1 Å². The van der Waals surface area contributed by atoms with Crippen LogP contribution in [0.5, 0.6) is 0 Å². The second-order valence-corrected chi connectivity index (χ2v) is 6.18. The lowest BCUT2D eigenvalue weighted by atomic mass is 10.2. The Morgan fingerprint density at radius 1 is 1.07 bits per heavy atom. The third kappa shape index (κ3) is 2.81. The minimum atomic E-state index is 0.0361. The van der Waals surface area contributed by atoms with Crippen molar-refractivity contribution in [3.05, 3.63) is 55.5 Å². The molecule has 4 heterocycles. The molecule has 5 aromatic rings. The number of rotatable bonds is 6. The summed E-state index contributed by atoms with van der Waals surface area (Å²) in [5.74, 6) is 1.31. The number of benzene rings is 1. The molecular formula is C18H17N9O. The van der Waals surface area contributed by atoms with Gasteiger partial charge in [-0.05, 0) is 24.3 Å². The van der Waals surface area contributed by atoms with Crippen LogP contribution in [0, 0.1) is 0 Å².